The Morgan fingerprint density at radius 1 is 1.40 bits per heavy atom. The quantitative estimate of drug-likeness (QED) is 0.417. The minimum absolute atomic E-state index is 0.713. The Labute approximate surface area is 134 Å². The third kappa shape index (κ3) is 4.39. The van der Waals surface area contributed by atoms with Gasteiger partial charge in [-0.05, 0) is 44.4 Å². The summed E-state index contributed by atoms with van der Waals surface area (Å²) in [6.45, 7) is 0.713. The van der Waals surface area contributed by atoms with Crippen LogP contribution in [-0.2, 0) is 6.54 Å². The third-order valence-electron chi connectivity index (χ3n) is 2.58. The zero-order chi connectivity index (χ0) is 14.4. The third-order valence-corrected chi connectivity index (χ3v) is 3.46. The molecule has 1 aromatic carbocycles. The van der Waals surface area contributed by atoms with Crippen molar-refractivity contribution >= 4 is 43.0 Å². The zero-order valence-electron chi connectivity index (χ0n) is 11.0. The van der Waals surface area contributed by atoms with Gasteiger partial charge in [0.25, 0.3) is 0 Å². The van der Waals surface area contributed by atoms with Crippen molar-refractivity contribution in [1.82, 2.24) is 20.8 Å². The molecule has 3 N–H and O–H groups in total. The zero-order valence-corrected chi connectivity index (χ0v) is 13.7. The van der Waals surface area contributed by atoms with Crippen LogP contribution in [-0.4, -0.2) is 33.4 Å². The van der Waals surface area contributed by atoms with Crippen molar-refractivity contribution in [3.8, 4) is 5.75 Å². The molecule has 5 nitrogen and oxygen atoms in total. The predicted octanol–water partition coefficient (Wildman–Crippen LogP) is 1.24. The van der Waals surface area contributed by atoms with E-state index >= 15 is 0 Å². The van der Waals surface area contributed by atoms with Crippen LogP contribution in [0.5, 0.6) is 5.75 Å². The standard InChI is InChI=1S/C13H14BrN4O.Al/c1-19-11-4-2-10(3-5-11)8-18-17-7-6-12-13(14)16-9-15-12;/h2-7,17-18H,8H2,1H3,(H,15,16);/b7-6-;. The van der Waals surface area contributed by atoms with Gasteiger partial charge in [0.15, 0.2) is 0 Å². The van der Waals surface area contributed by atoms with Gasteiger partial charge in [-0.3, -0.25) is 4.98 Å². The number of benzene rings is 1. The highest BCUT2D eigenvalue weighted by molar-refractivity contribution is 9.10. The van der Waals surface area contributed by atoms with Crippen molar-refractivity contribution in [3.63, 3.8) is 0 Å². The molecule has 0 saturated carbocycles. The minimum Gasteiger partial charge on any atom is -0.497 e. The van der Waals surface area contributed by atoms with E-state index in [1.165, 1.54) is 5.56 Å². The number of hydrazine groups is 1. The highest BCUT2D eigenvalue weighted by Crippen LogP contribution is 2.11. The highest BCUT2D eigenvalue weighted by atomic mass is 79.9. The van der Waals surface area contributed by atoms with E-state index < -0.39 is 0 Å². The number of hydrogen-bond donors (Lipinski definition) is 3. The van der Waals surface area contributed by atoms with E-state index in [4.69, 9.17) is 4.74 Å². The van der Waals surface area contributed by atoms with Gasteiger partial charge in [-0.25, -0.2) is 5.43 Å². The number of imidazole rings is 1. The molecule has 0 amide bonds. The first-order valence-electron chi connectivity index (χ1n) is 5.98. The summed E-state index contributed by atoms with van der Waals surface area (Å²) in [5, 5.41) is 0. The molecule has 0 bridgehead atoms. The molecule has 0 spiro atoms. The molecule has 0 atom stereocenters. The number of ether oxygens (including phenoxy) is 1. The van der Waals surface area contributed by atoms with Gasteiger partial charge >= 0.3 is 0 Å². The summed E-state index contributed by atoms with van der Waals surface area (Å²) < 4.78 is 6.76. The lowest BCUT2D eigenvalue weighted by Crippen LogP contribution is -2.25. The molecule has 0 aliphatic carbocycles. The largest absolute Gasteiger partial charge is 0.497 e. The number of nitrogens with one attached hydrogen (secondary N) is 3. The van der Waals surface area contributed by atoms with E-state index in [-0.39, 0.29) is 0 Å². The SMILES string of the molecule is COc1ccc(CNN/C=C\c2n[c]([Al])[nH]c2Br)cc1. The summed E-state index contributed by atoms with van der Waals surface area (Å²) in [6.07, 6.45) is 3.67. The van der Waals surface area contributed by atoms with E-state index in [2.05, 4.69) is 53.0 Å². The maximum absolute atomic E-state index is 5.11. The minimum atomic E-state index is 0.713. The molecule has 0 saturated heterocycles. The number of halogens is 1. The lowest BCUT2D eigenvalue weighted by molar-refractivity contribution is 0.414. The Morgan fingerprint density at radius 3 is 2.75 bits per heavy atom. The molecule has 0 fully saturated rings. The van der Waals surface area contributed by atoms with Gasteiger partial charge in [0.1, 0.15) is 10.4 Å². The number of hydrogen-bond acceptors (Lipinski definition) is 4. The van der Waals surface area contributed by atoms with Crippen LogP contribution in [0.1, 0.15) is 11.3 Å². The Bertz CT molecular complexity index is 583. The molecule has 1 heterocycles. The van der Waals surface area contributed by atoms with Crippen LogP contribution in [0, 0.1) is 0 Å². The topological polar surface area (TPSA) is 62.0 Å². The van der Waals surface area contributed by atoms with Crippen LogP contribution < -0.4 is 20.3 Å². The average Bonchev–Trinajstić information content (AvgIpc) is 2.77. The van der Waals surface area contributed by atoms with Crippen LogP contribution in [0.2, 0.25) is 0 Å². The van der Waals surface area contributed by atoms with Gasteiger partial charge in [-0.15, -0.1) is 0 Å². The van der Waals surface area contributed by atoms with Gasteiger partial charge in [-0.1, -0.05) is 12.1 Å². The van der Waals surface area contributed by atoms with Crippen molar-refractivity contribution in [1.29, 1.82) is 0 Å². The van der Waals surface area contributed by atoms with Crippen molar-refractivity contribution in [2.75, 3.05) is 7.11 Å². The van der Waals surface area contributed by atoms with Crippen LogP contribution in [0.3, 0.4) is 0 Å². The molecular formula is C13H14AlBrN4O. The lowest BCUT2D eigenvalue weighted by atomic mass is 10.2. The fraction of sp³-hybridized carbons (Fsp3) is 0.154. The van der Waals surface area contributed by atoms with Crippen molar-refractivity contribution < 1.29 is 4.74 Å². The highest BCUT2D eigenvalue weighted by Gasteiger charge is 1.99. The number of nitrogens with zero attached hydrogens (tertiary/aromatic N) is 1. The Hall–Kier alpha value is -1.26. The number of methoxy groups -OCH3 is 1. The van der Waals surface area contributed by atoms with Crippen molar-refractivity contribution in [2.45, 2.75) is 6.54 Å². The fourth-order valence-electron chi connectivity index (χ4n) is 1.57. The first-order chi connectivity index (χ1) is 9.69. The van der Waals surface area contributed by atoms with Crippen LogP contribution in [0.25, 0.3) is 6.08 Å². The Kier molecular flexibility index (Phi) is 5.68. The fourth-order valence-corrected chi connectivity index (χ4v) is 2.49. The van der Waals surface area contributed by atoms with Gasteiger partial charge in [0.2, 0.25) is 16.3 Å². The molecule has 102 valence electrons. The predicted molar refractivity (Wildman–Crippen MR) is 83.7 cm³/mol. The monoisotopic (exact) mass is 348 g/mol. The second-order valence-electron chi connectivity index (χ2n) is 4.00. The maximum atomic E-state index is 5.11. The molecule has 0 aliphatic rings. The lowest BCUT2D eigenvalue weighted by Gasteiger charge is -2.05. The van der Waals surface area contributed by atoms with Crippen molar-refractivity contribution in [3.05, 3.63) is 46.3 Å². The number of aromatic nitrogens is 2. The van der Waals surface area contributed by atoms with E-state index in [9.17, 15) is 0 Å². The summed E-state index contributed by atoms with van der Waals surface area (Å²) in [7, 11) is 1.66. The number of H-pyrrole nitrogens is 1. The molecule has 7 heteroatoms. The van der Waals surface area contributed by atoms with Crippen LogP contribution in [0.15, 0.2) is 35.1 Å². The molecule has 2 rings (SSSR count). The maximum Gasteiger partial charge on any atom is 0.240 e. The molecule has 1 aromatic heterocycles. The molecule has 0 unspecified atom stereocenters. The Morgan fingerprint density at radius 2 is 2.15 bits per heavy atom. The smallest absolute Gasteiger partial charge is 0.240 e. The average molecular weight is 349 g/mol. The summed E-state index contributed by atoms with van der Waals surface area (Å²) in [6, 6.07) is 7.91. The second-order valence-corrected chi connectivity index (χ2v) is 5.34. The molecular weight excluding hydrogens is 335 g/mol. The van der Waals surface area contributed by atoms with E-state index in [0.29, 0.717) is 6.54 Å². The number of aromatic amines is 1. The molecule has 2 aromatic rings. The van der Waals surface area contributed by atoms with E-state index in [1.54, 1.807) is 13.3 Å². The summed E-state index contributed by atoms with van der Waals surface area (Å²) in [4.78, 5) is 7.32. The van der Waals surface area contributed by atoms with Crippen LogP contribution in [0.4, 0.5) is 0 Å². The first kappa shape index (κ1) is 15.1. The summed E-state index contributed by atoms with van der Waals surface area (Å²) in [5.74, 6) is 0.859. The first-order valence-corrected chi connectivity index (χ1v) is 7.35. The molecule has 0 aliphatic heterocycles. The van der Waals surface area contributed by atoms with E-state index in [1.807, 2.05) is 30.3 Å². The summed E-state index contributed by atoms with van der Waals surface area (Å²) >= 11 is 5.91. The number of rotatable bonds is 6. The van der Waals surface area contributed by atoms with Gasteiger partial charge < -0.3 is 15.1 Å². The summed E-state index contributed by atoms with van der Waals surface area (Å²) in [5.41, 5.74) is 8.11. The molecule has 2 radical (unpaired) electrons. The van der Waals surface area contributed by atoms with Gasteiger partial charge in [-0.2, -0.15) is 0 Å². The van der Waals surface area contributed by atoms with Crippen molar-refractivity contribution in [2.24, 2.45) is 0 Å². The molecule has 20 heavy (non-hydrogen) atoms. The second kappa shape index (κ2) is 7.51. The van der Waals surface area contributed by atoms with E-state index in [0.717, 1.165) is 20.7 Å². The van der Waals surface area contributed by atoms with Gasteiger partial charge in [0.05, 0.1) is 12.8 Å². The van der Waals surface area contributed by atoms with Crippen LogP contribution >= 0.6 is 15.9 Å². The normalized spacial score (nSPS) is 10.9. The Balaban J connectivity index is 1.77. The van der Waals surface area contributed by atoms with Gasteiger partial charge in [0, 0.05) is 12.7 Å².